The molecule has 19 heavy (non-hydrogen) atoms. The van der Waals surface area contributed by atoms with Gasteiger partial charge in [-0.25, -0.2) is 0 Å². The lowest BCUT2D eigenvalue weighted by Gasteiger charge is -2.34. The van der Waals surface area contributed by atoms with Gasteiger partial charge in [0.2, 0.25) is 0 Å². The number of hydrogen-bond donors (Lipinski definition) is 2. The van der Waals surface area contributed by atoms with Gasteiger partial charge in [-0.05, 0) is 42.3 Å². The van der Waals surface area contributed by atoms with Gasteiger partial charge in [-0.3, -0.25) is 4.79 Å². The molecule has 0 spiro atoms. The first kappa shape index (κ1) is 14.4. The molecule has 1 saturated heterocycles. The van der Waals surface area contributed by atoms with Crippen LogP contribution in [0.5, 0.6) is 0 Å². The van der Waals surface area contributed by atoms with Gasteiger partial charge in [-0.2, -0.15) is 0 Å². The van der Waals surface area contributed by atoms with Gasteiger partial charge in [0.25, 0.3) is 5.91 Å². The van der Waals surface area contributed by atoms with Crippen LogP contribution in [0.15, 0.2) is 0 Å². The maximum absolute atomic E-state index is 12.2. The van der Waals surface area contributed by atoms with Crippen LogP contribution in [-0.4, -0.2) is 35.1 Å². The Labute approximate surface area is 118 Å². The van der Waals surface area contributed by atoms with Gasteiger partial charge in [0, 0.05) is 13.1 Å². The van der Waals surface area contributed by atoms with E-state index in [1.54, 1.807) is 0 Å². The number of rotatable bonds is 4. The van der Waals surface area contributed by atoms with Crippen molar-refractivity contribution in [3.63, 3.8) is 0 Å². The first-order chi connectivity index (χ1) is 9.02. The lowest BCUT2D eigenvalue weighted by atomic mass is 9.83. The Hall–Kier alpha value is -1.01. The zero-order chi connectivity index (χ0) is 13.9. The van der Waals surface area contributed by atoms with Gasteiger partial charge in [0.15, 0.2) is 0 Å². The third kappa shape index (κ3) is 3.51. The summed E-state index contributed by atoms with van der Waals surface area (Å²) in [5.41, 5.74) is 0.957. The zero-order valence-electron chi connectivity index (χ0n) is 11.8. The standard InChI is InChI=1S/C13H22N4OS/c1-9(2)10-11(19-17-16-10)12(18)15-8-13(3)5-4-6-14-7-13/h9,14H,4-8H2,1-3H3,(H,15,18). The number of carbonyl (C=O) groups is 1. The predicted octanol–water partition coefficient (Wildman–Crippen LogP) is 1.78. The molecule has 0 saturated carbocycles. The summed E-state index contributed by atoms with van der Waals surface area (Å²) < 4.78 is 3.90. The fourth-order valence-electron chi connectivity index (χ4n) is 2.38. The molecule has 1 aliphatic heterocycles. The Morgan fingerprint density at radius 2 is 2.37 bits per heavy atom. The van der Waals surface area contributed by atoms with E-state index in [9.17, 15) is 4.79 Å². The largest absolute Gasteiger partial charge is 0.351 e. The number of nitrogens with one attached hydrogen (secondary N) is 2. The van der Waals surface area contributed by atoms with Crippen LogP contribution in [0.2, 0.25) is 0 Å². The summed E-state index contributed by atoms with van der Waals surface area (Å²) in [6, 6.07) is 0. The Morgan fingerprint density at radius 1 is 1.58 bits per heavy atom. The van der Waals surface area contributed by atoms with Crippen molar-refractivity contribution < 1.29 is 4.79 Å². The van der Waals surface area contributed by atoms with Gasteiger partial charge in [-0.1, -0.05) is 25.3 Å². The number of amides is 1. The molecule has 2 N–H and O–H groups in total. The van der Waals surface area contributed by atoms with E-state index in [-0.39, 0.29) is 17.2 Å². The van der Waals surface area contributed by atoms with Crippen LogP contribution in [-0.2, 0) is 0 Å². The highest BCUT2D eigenvalue weighted by Gasteiger charge is 2.28. The molecule has 6 heteroatoms. The Kier molecular flexibility index (Phi) is 4.52. The van der Waals surface area contributed by atoms with Crippen LogP contribution in [0.1, 0.15) is 54.9 Å². The van der Waals surface area contributed by atoms with Crippen molar-refractivity contribution in [2.45, 2.75) is 39.5 Å². The van der Waals surface area contributed by atoms with E-state index >= 15 is 0 Å². The molecule has 2 heterocycles. The maximum atomic E-state index is 12.2. The first-order valence-corrected chi connectivity index (χ1v) is 7.60. The van der Waals surface area contributed by atoms with Crippen molar-refractivity contribution in [3.8, 4) is 0 Å². The molecule has 1 unspecified atom stereocenters. The molecule has 2 rings (SSSR count). The van der Waals surface area contributed by atoms with Crippen molar-refractivity contribution in [2.24, 2.45) is 5.41 Å². The normalized spacial score (nSPS) is 23.6. The molecule has 1 atom stereocenters. The molecule has 0 bridgehead atoms. The summed E-state index contributed by atoms with van der Waals surface area (Å²) in [5, 5.41) is 10.5. The van der Waals surface area contributed by atoms with E-state index in [2.05, 4.69) is 27.1 Å². The summed E-state index contributed by atoms with van der Waals surface area (Å²) in [5.74, 6) is 0.192. The summed E-state index contributed by atoms with van der Waals surface area (Å²) in [7, 11) is 0. The van der Waals surface area contributed by atoms with Crippen molar-refractivity contribution in [1.82, 2.24) is 20.2 Å². The first-order valence-electron chi connectivity index (χ1n) is 6.83. The molecule has 0 aromatic carbocycles. The van der Waals surface area contributed by atoms with Crippen molar-refractivity contribution in [2.75, 3.05) is 19.6 Å². The second kappa shape index (κ2) is 5.96. The van der Waals surface area contributed by atoms with Gasteiger partial charge < -0.3 is 10.6 Å². The SMILES string of the molecule is CC(C)c1nnsc1C(=O)NCC1(C)CCCNC1. The van der Waals surface area contributed by atoms with E-state index in [0.717, 1.165) is 25.2 Å². The highest BCUT2D eigenvalue weighted by atomic mass is 32.1. The van der Waals surface area contributed by atoms with Crippen LogP contribution in [0.3, 0.4) is 0 Å². The third-order valence-electron chi connectivity index (χ3n) is 3.63. The van der Waals surface area contributed by atoms with Gasteiger partial charge in [-0.15, -0.1) is 5.10 Å². The summed E-state index contributed by atoms with van der Waals surface area (Å²) in [6.07, 6.45) is 2.32. The summed E-state index contributed by atoms with van der Waals surface area (Å²) >= 11 is 1.18. The van der Waals surface area contributed by atoms with Crippen molar-refractivity contribution in [1.29, 1.82) is 0 Å². The molecule has 1 amide bonds. The molecule has 0 radical (unpaired) electrons. The van der Waals surface area contributed by atoms with Crippen LogP contribution in [0, 0.1) is 5.41 Å². The van der Waals surface area contributed by atoms with Gasteiger partial charge in [0.1, 0.15) is 4.88 Å². The van der Waals surface area contributed by atoms with Crippen molar-refractivity contribution >= 4 is 17.4 Å². The molecule has 0 aliphatic carbocycles. The van der Waals surface area contributed by atoms with Gasteiger partial charge in [0.05, 0.1) is 5.69 Å². The van der Waals surface area contributed by atoms with Gasteiger partial charge >= 0.3 is 0 Å². The number of piperidine rings is 1. The minimum atomic E-state index is -0.0366. The monoisotopic (exact) mass is 282 g/mol. The summed E-state index contributed by atoms with van der Waals surface area (Å²) in [6.45, 7) is 9.02. The number of aromatic nitrogens is 2. The third-order valence-corrected chi connectivity index (χ3v) is 4.37. The van der Waals surface area contributed by atoms with E-state index in [0.29, 0.717) is 11.4 Å². The average molecular weight is 282 g/mol. The topological polar surface area (TPSA) is 66.9 Å². The second-order valence-corrected chi connectivity index (χ2v) is 6.67. The molecular formula is C13H22N4OS. The average Bonchev–Trinajstić information content (AvgIpc) is 2.86. The molecule has 1 aromatic rings. The molecular weight excluding hydrogens is 260 g/mol. The minimum Gasteiger partial charge on any atom is -0.351 e. The predicted molar refractivity (Wildman–Crippen MR) is 76.5 cm³/mol. The molecule has 1 aromatic heterocycles. The Morgan fingerprint density at radius 3 is 3.00 bits per heavy atom. The smallest absolute Gasteiger partial charge is 0.264 e. The Balaban J connectivity index is 1.95. The number of carbonyl (C=O) groups excluding carboxylic acids is 1. The van der Waals surface area contributed by atoms with E-state index in [4.69, 9.17) is 0 Å². The van der Waals surface area contributed by atoms with Crippen LogP contribution < -0.4 is 10.6 Å². The lowest BCUT2D eigenvalue weighted by Crippen LogP contribution is -2.45. The van der Waals surface area contributed by atoms with E-state index < -0.39 is 0 Å². The van der Waals surface area contributed by atoms with Crippen LogP contribution in [0.25, 0.3) is 0 Å². The van der Waals surface area contributed by atoms with E-state index in [1.807, 2.05) is 13.8 Å². The van der Waals surface area contributed by atoms with Crippen molar-refractivity contribution in [3.05, 3.63) is 10.6 Å². The molecule has 1 aliphatic rings. The van der Waals surface area contributed by atoms with Crippen LogP contribution in [0.4, 0.5) is 0 Å². The quantitative estimate of drug-likeness (QED) is 0.883. The molecule has 1 fully saturated rings. The highest BCUT2D eigenvalue weighted by molar-refractivity contribution is 7.08. The second-order valence-electron chi connectivity index (χ2n) is 5.92. The number of nitrogens with zero attached hydrogens (tertiary/aromatic N) is 2. The van der Waals surface area contributed by atoms with E-state index in [1.165, 1.54) is 18.0 Å². The Bertz CT molecular complexity index is 438. The zero-order valence-corrected chi connectivity index (χ0v) is 12.6. The molecule has 5 nitrogen and oxygen atoms in total. The highest BCUT2D eigenvalue weighted by Crippen LogP contribution is 2.25. The fraction of sp³-hybridized carbons (Fsp3) is 0.769. The minimum absolute atomic E-state index is 0.0366. The van der Waals surface area contributed by atoms with Crippen LogP contribution >= 0.6 is 11.5 Å². The molecule has 106 valence electrons. The fourth-order valence-corrected chi connectivity index (χ4v) is 3.11. The summed E-state index contributed by atoms with van der Waals surface area (Å²) in [4.78, 5) is 12.9. The maximum Gasteiger partial charge on any atom is 0.264 e. The number of hydrogen-bond acceptors (Lipinski definition) is 5. The lowest BCUT2D eigenvalue weighted by molar-refractivity contribution is 0.0927.